The largest absolute Gasteiger partial charge is 0.377 e. The Morgan fingerprint density at radius 2 is 1.57 bits per heavy atom. The van der Waals surface area contributed by atoms with Gasteiger partial charge in [-0.05, 0) is 27.8 Å². The Morgan fingerprint density at radius 1 is 1.00 bits per heavy atom. The Balaban J connectivity index is 3.46. The summed E-state index contributed by atoms with van der Waals surface area (Å²) < 4.78 is 10.8. The van der Waals surface area contributed by atoms with E-state index in [1.54, 1.807) is 0 Å². The van der Waals surface area contributed by atoms with Crippen molar-refractivity contribution in [1.82, 2.24) is 16.0 Å². The lowest BCUT2D eigenvalue weighted by Crippen LogP contribution is -2.42. The molecule has 7 nitrogen and oxygen atoms in total. The fraction of sp³-hybridized carbons (Fsp3) is 0.857. The third-order valence-corrected chi connectivity index (χ3v) is 2.67. The van der Waals surface area contributed by atoms with Gasteiger partial charge in [-0.25, -0.2) is 0 Å². The third-order valence-electron chi connectivity index (χ3n) is 2.67. The molecule has 0 saturated carbocycles. The fourth-order valence-electron chi connectivity index (χ4n) is 1.44. The maximum atomic E-state index is 11.5. The molecule has 0 radical (unpaired) electrons. The monoisotopic (exact) mass is 303 g/mol. The molecule has 7 heteroatoms. The van der Waals surface area contributed by atoms with Crippen LogP contribution in [0.4, 0.5) is 0 Å². The molecule has 0 rings (SSSR count). The molecule has 0 aliphatic rings. The molecular formula is C14H29N3O4. The summed E-state index contributed by atoms with van der Waals surface area (Å²) in [7, 11) is 1.89. The summed E-state index contributed by atoms with van der Waals surface area (Å²) in [6.45, 7) is 7.84. The van der Waals surface area contributed by atoms with Crippen molar-refractivity contribution in [3.8, 4) is 0 Å². The molecule has 2 atom stereocenters. The molecule has 0 spiro atoms. The molecular weight excluding hydrogens is 274 g/mol. The Hall–Kier alpha value is -1.02. The highest BCUT2D eigenvalue weighted by molar-refractivity contribution is 5.81. The van der Waals surface area contributed by atoms with E-state index in [1.165, 1.54) is 6.92 Å². The summed E-state index contributed by atoms with van der Waals surface area (Å²) in [6, 6.07) is 0.249. The lowest BCUT2D eigenvalue weighted by Gasteiger charge is -2.15. The Labute approximate surface area is 127 Å². The van der Waals surface area contributed by atoms with Crippen LogP contribution in [0, 0.1) is 0 Å². The molecule has 0 fully saturated rings. The second kappa shape index (κ2) is 12.7. The molecule has 0 heterocycles. The zero-order valence-electron chi connectivity index (χ0n) is 13.5. The predicted molar refractivity (Wildman–Crippen MR) is 81.3 cm³/mol. The van der Waals surface area contributed by atoms with Gasteiger partial charge in [0.15, 0.2) is 0 Å². The van der Waals surface area contributed by atoms with Gasteiger partial charge in [0, 0.05) is 12.1 Å². The molecule has 3 N–H and O–H groups in total. The number of hydrogen-bond donors (Lipinski definition) is 3. The quantitative estimate of drug-likeness (QED) is 0.390. The van der Waals surface area contributed by atoms with Gasteiger partial charge in [-0.3, -0.25) is 9.59 Å². The minimum atomic E-state index is -0.147. The number of hydrogen-bond acceptors (Lipinski definition) is 6. The molecule has 0 aliphatic heterocycles. The van der Waals surface area contributed by atoms with E-state index in [0.717, 1.165) is 0 Å². The van der Waals surface area contributed by atoms with Crippen LogP contribution in [0.15, 0.2) is 0 Å². The van der Waals surface area contributed by atoms with Crippen molar-refractivity contribution >= 4 is 11.7 Å². The average molecular weight is 303 g/mol. The summed E-state index contributed by atoms with van der Waals surface area (Å²) in [5.41, 5.74) is 0. The van der Waals surface area contributed by atoms with Crippen LogP contribution in [0.2, 0.25) is 0 Å². The molecule has 0 aliphatic carbocycles. The molecule has 0 aromatic heterocycles. The van der Waals surface area contributed by atoms with Gasteiger partial charge in [0.1, 0.15) is 5.78 Å². The van der Waals surface area contributed by atoms with Gasteiger partial charge in [0.25, 0.3) is 0 Å². The summed E-state index contributed by atoms with van der Waals surface area (Å²) in [6.07, 6.45) is 0. The highest BCUT2D eigenvalue weighted by atomic mass is 16.5. The van der Waals surface area contributed by atoms with Crippen LogP contribution in [-0.2, 0) is 19.1 Å². The van der Waals surface area contributed by atoms with E-state index in [0.29, 0.717) is 32.5 Å². The maximum absolute atomic E-state index is 11.5. The van der Waals surface area contributed by atoms with Crippen molar-refractivity contribution in [2.45, 2.75) is 32.9 Å². The first-order valence-electron chi connectivity index (χ1n) is 7.28. The van der Waals surface area contributed by atoms with Crippen LogP contribution in [0.5, 0.6) is 0 Å². The molecule has 0 aromatic carbocycles. The topological polar surface area (TPSA) is 88.7 Å². The van der Waals surface area contributed by atoms with E-state index in [2.05, 4.69) is 16.0 Å². The Bertz CT molecular complexity index is 300. The van der Waals surface area contributed by atoms with Crippen molar-refractivity contribution in [3.05, 3.63) is 0 Å². The number of carbonyl (C=O) groups is 2. The van der Waals surface area contributed by atoms with Gasteiger partial charge in [-0.15, -0.1) is 0 Å². The van der Waals surface area contributed by atoms with Crippen molar-refractivity contribution < 1.29 is 19.1 Å². The van der Waals surface area contributed by atoms with E-state index in [9.17, 15) is 9.59 Å². The zero-order valence-corrected chi connectivity index (χ0v) is 13.5. The number of rotatable bonds is 13. The number of likely N-dealkylation sites (N-methyl/N-ethyl adjacent to an activating group) is 1. The number of ketones is 1. The Morgan fingerprint density at radius 3 is 2.10 bits per heavy atom. The van der Waals surface area contributed by atoms with Crippen molar-refractivity contribution in [3.63, 3.8) is 0 Å². The Kier molecular flexibility index (Phi) is 12.1. The summed E-state index contributed by atoms with van der Waals surface area (Å²) in [5.74, 6) is -0.141. The van der Waals surface area contributed by atoms with E-state index in [1.807, 2.05) is 20.9 Å². The van der Waals surface area contributed by atoms with Crippen LogP contribution >= 0.6 is 0 Å². The lowest BCUT2D eigenvalue weighted by atomic mass is 10.3. The second-order valence-electron chi connectivity index (χ2n) is 5.11. The predicted octanol–water partition coefficient (Wildman–Crippen LogP) is -0.689. The number of Topliss-reactive ketones (excluding diaryl/α,β-unsaturated/α-hetero) is 1. The van der Waals surface area contributed by atoms with Crippen LogP contribution in [0.25, 0.3) is 0 Å². The molecule has 0 saturated heterocycles. The third kappa shape index (κ3) is 13.7. The molecule has 2 unspecified atom stereocenters. The smallest absolute Gasteiger partial charge is 0.234 e. The summed E-state index contributed by atoms with van der Waals surface area (Å²) in [4.78, 5) is 22.2. The van der Waals surface area contributed by atoms with Crippen LogP contribution < -0.4 is 16.0 Å². The summed E-state index contributed by atoms with van der Waals surface area (Å²) >= 11 is 0. The highest BCUT2D eigenvalue weighted by Crippen LogP contribution is 1.87. The summed E-state index contributed by atoms with van der Waals surface area (Å²) in [5, 5.41) is 8.62. The van der Waals surface area contributed by atoms with Gasteiger partial charge in [-0.1, -0.05) is 0 Å². The number of ether oxygens (including phenoxy) is 2. The first-order valence-corrected chi connectivity index (χ1v) is 7.28. The van der Waals surface area contributed by atoms with Crippen molar-refractivity contribution in [2.75, 3.05) is 46.6 Å². The van der Waals surface area contributed by atoms with E-state index in [4.69, 9.17) is 9.47 Å². The molecule has 124 valence electrons. The lowest BCUT2D eigenvalue weighted by molar-refractivity contribution is -0.121. The SMILES string of the molecule is CNC(C)COCCOCC(C)NC(=O)CNCC(C)=O. The fourth-order valence-corrected chi connectivity index (χ4v) is 1.44. The van der Waals surface area contributed by atoms with Gasteiger partial charge in [0.05, 0.1) is 39.5 Å². The zero-order chi connectivity index (χ0) is 16.1. The number of carbonyl (C=O) groups excluding carboxylic acids is 2. The minimum absolute atomic E-state index is 0.00627. The van der Waals surface area contributed by atoms with Gasteiger partial charge in [-0.2, -0.15) is 0 Å². The van der Waals surface area contributed by atoms with Crippen LogP contribution in [0.3, 0.4) is 0 Å². The number of nitrogens with one attached hydrogen (secondary N) is 3. The number of amides is 1. The molecule has 0 aromatic rings. The average Bonchev–Trinajstić information content (AvgIpc) is 2.41. The first-order chi connectivity index (χ1) is 9.95. The maximum Gasteiger partial charge on any atom is 0.234 e. The van der Waals surface area contributed by atoms with Gasteiger partial charge >= 0.3 is 0 Å². The van der Waals surface area contributed by atoms with Crippen molar-refractivity contribution in [2.24, 2.45) is 0 Å². The van der Waals surface area contributed by atoms with Gasteiger partial charge in [0.2, 0.25) is 5.91 Å². The molecule has 21 heavy (non-hydrogen) atoms. The van der Waals surface area contributed by atoms with Crippen LogP contribution in [0.1, 0.15) is 20.8 Å². The first kappa shape index (κ1) is 20.0. The van der Waals surface area contributed by atoms with Gasteiger partial charge < -0.3 is 25.4 Å². The normalized spacial score (nSPS) is 13.7. The minimum Gasteiger partial charge on any atom is -0.377 e. The molecule has 1 amide bonds. The molecule has 0 bridgehead atoms. The van der Waals surface area contributed by atoms with Crippen LogP contribution in [-0.4, -0.2) is 70.3 Å². The second-order valence-corrected chi connectivity index (χ2v) is 5.11. The standard InChI is InChI=1S/C14H29N3O4/c1-11(15-4)9-20-5-6-21-10-12(2)17-14(19)8-16-7-13(3)18/h11-12,15-16H,5-10H2,1-4H3,(H,17,19). The van der Waals surface area contributed by atoms with E-state index in [-0.39, 0.29) is 30.8 Å². The highest BCUT2D eigenvalue weighted by Gasteiger charge is 2.07. The van der Waals surface area contributed by atoms with E-state index >= 15 is 0 Å². The van der Waals surface area contributed by atoms with Crippen molar-refractivity contribution in [1.29, 1.82) is 0 Å². The van der Waals surface area contributed by atoms with E-state index < -0.39 is 0 Å².